The molecule has 2 atom stereocenters. The summed E-state index contributed by atoms with van der Waals surface area (Å²) in [6.45, 7) is 1.72. The fourth-order valence-corrected chi connectivity index (χ4v) is 5.36. The molecule has 0 saturated carbocycles. The van der Waals surface area contributed by atoms with Crippen LogP contribution in [0.2, 0.25) is 0 Å². The minimum atomic E-state index is -3.72. The summed E-state index contributed by atoms with van der Waals surface area (Å²) in [5.41, 5.74) is 1.27. The number of aromatic nitrogens is 1. The molecule has 0 bridgehead atoms. The first-order valence-corrected chi connectivity index (χ1v) is 12.1. The van der Waals surface area contributed by atoms with Gasteiger partial charge in [0.1, 0.15) is 6.10 Å². The number of aliphatic hydroxyl groups excluding tert-OH is 1. The van der Waals surface area contributed by atoms with E-state index in [9.17, 15) is 23.1 Å². The first-order valence-electron chi connectivity index (χ1n) is 9.41. The Hall–Kier alpha value is -2.62. The van der Waals surface area contributed by atoms with Crippen LogP contribution < -0.4 is 5.32 Å². The van der Waals surface area contributed by atoms with Crippen LogP contribution in [0.25, 0.3) is 10.2 Å². The molecule has 0 saturated heterocycles. The van der Waals surface area contributed by atoms with Crippen molar-refractivity contribution in [3.8, 4) is 0 Å². The Morgan fingerprint density at radius 3 is 2.43 bits per heavy atom. The molecule has 1 aromatic heterocycles. The fourth-order valence-electron chi connectivity index (χ4n) is 2.95. The van der Waals surface area contributed by atoms with Crippen molar-refractivity contribution in [1.29, 1.82) is 0 Å². The molecule has 7 nitrogen and oxygen atoms in total. The van der Waals surface area contributed by atoms with Gasteiger partial charge in [-0.15, -0.1) is 11.3 Å². The van der Waals surface area contributed by atoms with Crippen LogP contribution in [-0.4, -0.2) is 48.1 Å². The Morgan fingerprint density at radius 2 is 1.77 bits per heavy atom. The van der Waals surface area contributed by atoms with E-state index in [1.165, 1.54) is 11.3 Å². The molecule has 2 N–H and O–H groups in total. The topological polar surface area (TPSA) is 113 Å². The van der Waals surface area contributed by atoms with Crippen molar-refractivity contribution in [1.82, 2.24) is 10.3 Å². The van der Waals surface area contributed by atoms with Gasteiger partial charge in [0, 0.05) is 0 Å². The van der Waals surface area contributed by atoms with Gasteiger partial charge in [-0.05, 0) is 24.1 Å². The van der Waals surface area contributed by atoms with E-state index in [2.05, 4.69) is 10.3 Å². The van der Waals surface area contributed by atoms with Crippen molar-refractivity contribution in [3.63, 3.8) is 0 Å². The zero-order valence-electron chi connectivity index (χ0n) is 16.3. The number of fused-ring (bicyclic) bond motifs is 1. The van der Waals surface area contributed by atoms with E-state index in [4.69, 9.17) is 0 Å². The predicted molar refractivity (Wildman–Crippen MR) is 116 cm³/mol. The van der Waals surface area contributed by atoms with Crippen LogP contribution in [0.15, 0.2) is 54.6 Å². The molecule has 1 unspecified atom stereocenters. The standard InChI is InChI=1S/C21H22N2O5S2/c1-2-15(19(25)21-23-16-10-6-7-11-18(16)29-21)22-20(26)17(24)13-30(27,28)12-14-8-4-3-5-9-14/h3-11,15,17,24H,2,12-13H2,1H3,(H,22,26)/t15-,17?/m0/s1. The molecule has 0 aliphatic heterocycles. The zero-order valence-corrected chi connectivity index (χ0v) is 17.9. The van der Waals surface area contributed by atoms with Gasteiger partial charge in [0.2, 0.25) is 11.7 Å². The molecule has 1 heterocycles. The number of rotatable bonds is 9. The molecule has 3 aromatic rings. The van der Waals surface area contributed by atoms with Crippen molar-refractivity contribution >= 4 is 43.1 Å². The van der Waals surface area contributed by atoms with E-state index < -0.39 is 33.6 Å². The Bertz CT molecular complexity index is 1110. The molecule has 0 radical (unpaired) electrons. The van der Waals surface area contributed by atoms with Crippen LogP contribution in [-0.2, 0) is 20.4 Å². The third-order valence-electron chi connectivity index (χ3n) is 4.49. The third-order valence-corrected chi connectivity index (χ3v) is 7.14. The van der Waals surface area contributed by atoms with Crippen molar-refractivity contribution in [2.45, 2.75) is 31.2 Å². The summed E-state index contributed by atoms with van der Waals surface area (Å²) in [7, 11) is -3.72. The maximum absolute atomic E-state index is 12.8. The van der Waals surface area contributed by atoms with Crippen molar-refractivity contribution in [2.75, 3.05) is 5.75 Å². The summed E-state index contributed by atoms with van der Waals surface area (Å²) < 4.78 is 25.5. The number of amides is 1. The first kappa shape index (κ1) is 22.1. The van der Waals surface area contributed by atoms with E-state index in [0.29, 0.717) is 11.1 Å². The summed E-state index contributed by atoms with van der Waals surface area (Å²) in [5.74, 6) is -2.26. The van der Waals surface area contributed by atoms with Crippen LogP contribution in [0.1, 0.15) is 28.7 Å². The molecular formula is C21H22N2O5S2. The van der Waals surface area contributed by atoms with Crippen LogP contribution in [0.5, 0.6) is 0 Å². The summed E-state index contributed by atoms with van der Waals surface area (Å²) in [5, 5.41) is 12.8. The maximum atomic E-state index is 12.8. The van der Waals surface area contributed by atoms with Gasteiger partial charge in [0.15, 0.2) is 14.8 Å². The highest BCUT2D eigenvalue weighted by Crippen LogP contribution is 2.23. The Balaban J connectivity index is 1.64. The molecule has 0 aliphatic rings. The van der Waals surface area contributed by atoms with Gasteiger partial charge < -0.3 is 10.4 Å². The van der Waals surface area contributed by atoms with Crippen LogP contribution in [0, 0.1) is 0 Å². The van der Waals surface area contributed by atoms with Gasteiger partial charge in [0.05, 0.1) is 27.8 Å². The quantitative estimate of drug-likeness (QED) is 0.488. The number of hydrogen-bond acceptors (Lipinski definition) is 7. The molecule has 3 rings (SSSR count). The highest BCUT2D eigenvalue weighted by atomic mass is 32.2. The van der Waals surface area contributed by atoms with Gasteiger partial charge in [-0.3, -0.25) is 9.59 Å². The summed E-state index contributed by atoms with van der Waals surface area (Å²) in [6, 6.07) is 14.9. The number of nitrogens with one attached hydrogen (secondary N) is 1. The number of sulfone groups is 1. The van der Waals surface area contributed by atoms with Gasteiger partial charge in [-0.1, -0.05) is 49.4 Å². The Labute approximate surface area is 178 Å². The number of nitrogens with zero attached hydrogens (tertiary/aromatic N) is 1. The number of para-hydroxylation sites is 1. The van der Waals surface area contributed by atoms with Crippen molar-refractivity contribution in [3.05, 3.63) is 65.2 Å². The number of Topliss-reactive ketones (excluding diaryl/α,β-unsaturated/α-hetero) is 1. The number of carbonyl (C=O) groups is 2. The van der Waals surface area contributed by atoms with E-state index in [1.807, 2.05) is 18.2 Å². The first-order chi connectivity index (χ1) is 14.3. The second-order valence-corrected chi connectivity index (χ2v) is 10.0. The maximum Gasteiger partial charge on any atom is 0.250 e. The lowest BCUT2D eigenvalue weighted by atomic mass is 10.1. The van der Waals surface area contributed by atoms with Gasteiger partial charge in [0.25, 0.3) is 0 Å². The van der Waals surface area contributed by atoms with Crippen molar-refractivity contribution in [2.24, 2.45) is 0 Å². The van der Waals surface area contributed by atoms with Gasteiger partial charge in [-0.25, -0.2) is 13.4 Å². The van der Waals surface area contributed by atoms with E-state index in [0.717, 1.165) is 4.70 Å². The van der Waals surface area contributed by atoms with Gasteiger partial charge >= 0.3 is 0 Å². The van der Waals surface area contributed by atoms with Crippen LogP contribution in [0.4, 0.5) is 0 Å². The molecular weight excluding hydrogens is 424 g/mol. The van der Waals surface area contributed by atoms with E-state index >= 15 is 0 Å². The molecule has 9 heteroatoms. The van der Waals surface area contributed by atoms with Gasteiger partial charge in [-0.2, -0.15) is 0 Å². The van der Waals surface area contributed by atoms with E-state index in [1.54, 1.807) is 43.3 Å². The summed E-state index contributed by atoms with van der Waals surface area (Å²) in [4.78, 5) is 29.4. The predicted octanol–water partition coefficient (Wildman–Crippen LogP) is 2.35. The summed E-state index contributed by atoms with van der Waals surface area (Å²) in [6.07, 6.45) is -1.49. The Kier molecular flexibility index (Phi) is 6.96. The van der Waals surface area contributed by atoms with E-state index in [-0.39, 0.29) is 23.0 Å². The number of hydrogen-bond donors (Lipinski definition) is 2. The smallest absolute Gasteiger partial charge is 0.250 e. The average Bonchev–Trinajstić information content (AvgIpc) is 3.15. The highest BCUT2D eigenvalue weighted by molar-refractivity contribution is 7.90. The number of ketones is 1. The number of thiazole rings is 1. The molecule has 2 aromatic carbocycles. The van der Waals surface area contributed by atoms with Crippen LogP contribution in [0.3, 0.4) is 0 Å². The average molecular weight is 447 g/mol. The monoisotopic (exact) mass is 446 g/mol. The number of benzene rings is 2. The fraction of sp³-hybridized carbons (Fsp3) is 0.286. The second-order valence-electron chi connectivity index (χ2n) is 6.88. The number of aliphatic hydroxyl groups is 1. The summed E-state index contributed by atoms with van der Waals surface area (Å²) >= 11 is 1.23. The molecule has 0 spiro atoms. The lowest BCUT2D eigenvalue weighted by Crippen LogP contribution is -2.47. The zero-order chi connectivity index (χ0) is 21.7. The number of carbonyl (C=O) groups excluding carboxylic acids is 2. The highest BCUT2D eigenvalue weighted by Gasteiger charge is 2.29. The lowest BCUT2D eigenvalue weighted by Gasteiger charge is -2.17. The normalized spacial score (nSPS) is 13.7. The molecule has 30 heavy (non-hydrogen) atoms. The minimum Gasteiger partial charge on any atom is -0.382 e. The minimum absolute atomic E-state index is 0.259. The SMILES string of the molecule is CC[C@H](NC(=O)C(O)CS(=O)(=O)Cc1ccccc1)C(=O)c1nc2ccccc2s1. The van der Waals surface area contributed by atoms with Crippen LogP contribution >= 0.6 is 11.3 Å². The molecule has 1 amide bonds. The molecule has 158 valence electrons. The van der Waals surface area contributed by atoms with Crippen molar-refractivity contribution < 1.29 is 23.1 Å². The third kappa shape index (κ3) is 5.50. The Morgan fingerprint density at radius 1 is 1.10 bits per heavy atom. The largest absolute Gasteiger partial charge is 0.382 e. The molecule has 0 aliphatic carbocycles. The second kappa shape index (κ2) is 9.46. The molecule has 0 fully saturated rings. The lowest BCUT2D eigenvalue weighted by molar-refractivity contribution is -0.128.